The molecule has 0 aromatic carbocycles. The molecule has 14 heteroatoms. The summed E-state index contributed by atoms with van der Waals surface area (Å²) >= 11 is 0. The minimum absolute atomic E-state index is 0. The van der Waals surface area contributed by atoms with E-state index >= 15 is 0 Å². The smallest absolute Gasteiger partial charge is 0.302 e. The molecular weight excluding hydrogens is 234 g/mol. The molecule has 0 aliphatic rings. The molecule has 106 valence electrons. The van der Waals surface area contributed by atoms with Crippen molar-refractivity contribution in [2.24, 2.45) is 0 Å². The first-order chi connectivity index (χ1) is 2.77. The van der Waals surface area contributed by atoms with E-state index in [1.165, 1.54) is 0 Å². The Morgan fingerprint density at radius 3 is 1.00 bits per heavy atom. The topological polar surface area (TPSA) is 353 Å². The SMILES string of the molecule is O.O.O.O.O.O.O.O.O.O=CO[N+](=O)[O-]. The van der Waals surface area contributed by atoms with Crippen LogP contribution in [-0.4, -0.2) is 60.8 Å². The minimum Gasteiger partial charge on any atom is -0.412 e. The lowest BCUT2D eigenvalue weighted by Gasteiger charge is -1.73. The molecular formula is CH19NO13. The van der Waals surface area contributed by atoms with Crippen LogP contribution in [0.4, 0.5) is 0 Å². The average molecular weight is 253 g/mol. The number of carbonyl (C=O) groups excluding carboxylic acids is 1. The summed E-state index contributed by atoms with van der Waals surface area (Å²) in [7, 11) is 0. The highest BCUT2D eigenvalue weighted by atomic mass is 17.0. The zero-order valence-corrected chi connectivity index (χ0v) is 7.16. The van der Waals surface area contributed by atoms with Gasteiger partial charge in [-0.3, -0.25) is 4.79 Å². The van der Waals surface area contributed by atoms with Gasteiger partial charge in [-0.2, -0.15) is 0 Å². The standard InChI is InChI=1S/CHNO4.9H2O/c3-1-6-2(4)5;;;;;;;;;/h1H;9*1H2. The molecule has 0 heterocycles. The Kier molecular flexibility index (Phi) is 1540. The highest BCUT2D eigenvalue weighted by Gasteiger charge is 1.84. The number of hydrogen-bond donors (Lipinski definition) is 0. The molecule has 0 radical (unpaired) electrons. The molecule has 0 amide bonds. The van der Waals surface area contributed by atoms with E-state index in [4.69, 9.17) is 14.9 Å². The van der Waals surface area contributed by atoms with Crippen LogP contribution in [0.2, 0.25) is 0 Å². The minimum atomic E-state index is -1.19. The Bertz CT molecular complexity index is 70.9. The van der Waals surface area contributed by atoms with E-state index in [1.54, 1.807) is 0 Å². The summed E-state index contributed by atoms with van der Waals surface area (Å²) < 4.78 is 0. The number of rotatable bonds is 2. The maximum absolute atomic E-state index is 8.95. The second kappa shape index (κ2) is 135. The molecule has 14 nitrogen and oxygen atoms in total. The third-order valence-electron chi connectivity index (χ3n) is 0.129. The van der Waals surface area contributed by atoms with Gasteiger partial charge in [0.15, 0.2) is 0 Å². The Morgan fingerprint density at radius 1 is 0.800 bits per heavy atom. The van der Waals surface area contributed by atoms with Crippen molar-refractivity contribution >= 4 is 6.47 Å². The maximum atomic E-state index is 8.95. The number of hydrogen-bond acceptors (Lipinski definition) is 4. The van der Waals surface area contributed by atoms with Gasteiger partial charge in [-0.15, -0.1) is 10.1 Å². The predicted molar refractivity (Wildman–Crippen MR) is 46.7 cm³/mol. The van der Waals surface area contributed by atoms with Gasteiger partial charge in [0.05, 0.1) is 0 Å². The molecule has 0 bridgehead atoms. The molecule has 0 aromatic rings. The molecule has 0 fully saturated rings. The van der Waals surface area contributed by atoms with Crippen molar-refractivity contribution in [3.8, 4) is 0 Å². The monoisotopic (exact) mass is 253 g/mol. The number of nitrogens with zero attached hydrogens (tertiary/aromatic N) is 1. The van der Waals surface area contributed by atoms with Gasteiger partial charge in [0.25, 0.3) is 6.47 Å². The van der Waals surface area contributed by atoms with Gasteiger partial charge in [-0.05, 0) is 0 Å². The fourth-order valence-electron chi connectivity index (χ4n) is 0.0351. The Labute approximate surface area is 81.9 Å². The van der Waals surface area contributed by atoms with Crippen LogP contribution >= 0.6 is 0 Å². The zero-order valence-electron chi connectivity index (χ0n) is 7.16. The third-order valence-corrected chi connectivity index (χ3v) is 0.129. The fraction of sp³-hybridized carbons (Fsp3) is 0. The lowest BCUT2D eigenvalue weighted by atomic mass is 11.6. The highest BCUT2D eigenvalue weighted by Crippen LogP contribution is 1.60. The number of carbonyl (C=O) groups is 1. The van der Waals surface area contributed by atoms with Crippen LogP contribution in [0.15, 0.2) is 0 Å². The molecule has 0 saturated carbocycles. The molecule has 0 spiro atoms. The normalized spacial score (nSPS) is 2.67. The van der Waals surface area contributed by atoms with E-state index in [-0.39, 0.29) is 55.8 Å². The summed E-state index contributed by atoms with van der Waals surface area (Å²) in [4.78, 5) is 21.0. The van der Waals surface area contributed by atoms with Crippen LogP contribution in [0.5, 0.6) is 0 Å². The van der Waals surface area contributed by atoms with Gasteiger partial charge in [0.1, 0.15) is 0 Å². The Balaban J connectivity index is -0.00000000347. The third kappa shape index (κ3) is 606. The van der Waals surface area contributed by atoms with Crippen LogP contribution in [0.25, 0.3) is 0 Å². The van der Waals surface area contributed by atoms with Crippen molar-refractivity contribution < 1.29 is 64.0 Å². The molecule has 18 N–H and O–H groups in total. The van der Waals surface area contributed by atoms with Gasteiger partial charge in [-0.1, -0.05) is 0 Å². The Hall–Kier alpha value is -1.49. The van der Waals surface area contributed by atoms with Gasteiger partial charge < -0.3 is 49.3 Å². The molecule has 0 unspecified atom stereocenters. The molecule has 0 aliphatic carbocycles. The van der Waals surface area contributed by atoms with E-state index in [2.05, 4.69) is 4.84 Å². The van der Waals surface area contributed by atoms with E-state index in [9.17, 15) is 0 Å². The maximum Gasteiger partial charge on any atom is 0.302 e. The lowest BCUT2D eigenvalue weighted by molar-refractivity contribution is -0.726. The van der Waals surface area contributed by atoms with Crippen molar-refractivity contribution in [1.29, 1.82) is 0 Å². The first-order valence-corrected chi connectivity index (χ1v) is 1.02. The first kappa shape index (κ1) is 172. The molecule has 0 saturated heterocycles. The quantitative estimate of drug-likeness (QED) is 0.262. The van der Waals surface area contributed by atoms with Crippen molar-refractivity contribution in [2.75, 3.05) is 0 Å². The molecule has 0 atom stereocenters. The van der Waals surface area contributed by atoms with Gasteiger partial charge in [0, 0.05) is 0 Å². The van der Waals surface area contributed by atoms with Crippen LogP contribution in [-0.2, 0) is 9.63 Å². The largest absolute Gasteiger partial charge is 0.412 e. The second-order valence-electron chi connectivity index (χ2n) is 0.425. The van der Waals surface area contributed by atoms with Crippen molar-refractivity contribution in [3.63, 3.8) is 0 Å². The highest BCUT2D eigenvalue weighted by molar-refractivity contribution is 5.35. The summed E-state index contributed by atoms with van der Waals surface area (Å²) in [6, 6.07) is 0. The molecule has 0 rings (SSSR count). The summed E-state index contributed by atoms with van der Waals surface area (Å²) in [5.74, 6) is 0. The summed E-state index contributed by atoms with van der Waals surface area (Å²) in [5, 5.41) is 7.76. The molecule has 0 aromatic heterocycles. The summed E-state index contributed by atoms with van der Waals surface area (Å²) in [6.07, 6.45) is 0. The Morgan fingerprint density at radius 2 is 1.00 bits per heavy atom. The van der Waals surface area contributed by atoms with Crippen LogP contribution in [0.3, 0.4) is 0 Å². The lowest BCUT2D eigenvalue weighted by Crippen LogP contribution is -1.95. The van der Waals surface area contributed by atoms with Gasteiger partial charge >= 0.3 is 5.09 Å². The van der Waals surface area contributed by atoms with Gasteiger partial charge in [0.2, 0.25) is 0 Å². The van der Waals surface area contributed by atoms with Crippen molar-refractivity contribution in [2.45, 2.75) is 0 Å². The van der Waals surface area contributed by atoms with Crippen LogP contribution in [0, 0.1) is 10.1 Å². The van der Waals surface area contributed by atoms with E-state index < -0.39 is 5.09 Å². The zero-order chi connectivity index (χ0) is 4.99. The van der Waals surface area contributed by atoms with Gasteiger partial charge in [-0.25, -0.2) is 4.84 Å². The fourth-order valence-corrected chi connectivity index (χ4v) is 0.0351. The molecule has 15 heavy (non-hydrogen) atoms. The molecule has 0 aliphatic heterocycles. The van der Waals surface area contributed by atoms with Crippen molar-refractivity contribution in [1.82, 2.24) is 0 Å². The van der Waals surface area contributed by atoms with E-state index in [0.29, 0.717) is 0 Å². The predicted octanol–water partition coefficient (Wildman–Crippen LogP) is -8.07. The van der Waals surface area contributed by atoms with Crippen LogP contribution in [0.1, 0.15) is 0 Å². The summed E-state index contributed by atoms with van der Waals surface area (Å²) in [6.45, 7) is -0.250. The van der Waals surface area contributed by atoms with E-state index in [0.717, 1.165) is 0 Å². The van der Waals surface area contributed by atoms with Crippen molar-refractivity contribution in [3.05, 3.63) is 10.1 Å². The first-order valence-electron chi connectivity index (χ1n) is 1.02. The average Bonchev–Trinajstić information content (AvgIpc) is 1.35. The van der Waals surface area contributed by atoms with Crippen LogP contribution < -0.4 is 0 Å². The second-order valence-corrected chi connectivity index (χ2v) is 0.425. The summed E-state index contributed by atoms with van der Waals surface area (Å²) in [5.41, 5.74) is 0. The van der Waals surface area contributed by atoms with E-state index in [1.807, 2.05) is 0 Å².